The summed E-state index contributed by atoms with van der Waals surface area (Å²) >= 11 is 0. The molecule has 0 unspecified atom stereocenters. The van der Waals surface area contributed by atoms with Crippen molar-refractivity contribution in [1.29, 1.82) is 0 Å². The normalized spacial score (nSPS) is 11.0. The summed E-state index contributed by atoms with van der Waals surface area (Å²) in [5.41, 5.74) is 5.71. The molecular formula is C28H26N2O3. The lowest BCUT2D eigenvalue weighted by Gasteiger charge is -2.13. The third-order valence-electron chi connectivity index (χ3n) is 5.62. The van der Waals surface area contributed by atoms with Gasteiger partial charge < -0.3 is 14.0 Å². The fourth-order valence-corrected chi connectivity index (χ4v) is 3.53. The van der Waals surface area contributed by atoms with Gasteiger partial charge in [0.25, 0.3) is 0 Å². The van der Waals surface area contributed by atoms with Crippen LogP contribution in [0.3, 0.4) is 0 Å². The second kappa shape index (κ2) is 10.0. The van der Waals surface area contributed by atoms with Crippen LogP contribution in [0.15, 0.2) is 85.5 Å². The predicted molar refractivity (Wildman–Crippen MR) is 130 cm³/mol. The van der Waals surface area contributed by atoms with Crippen molar-refractivity contribution in [1.82, 2.24) is 9.55 Å². The van der Waals surface area contributed by atoms with E-state index in [1.54, 1.807) is 25.7 Å². The summed E-state index contributed by atoms with van der Waals surface area (Å²) in [5, 5.41) is 0. The van der Waals surface area contributed by atoms with Crippen molar-refractivity contribution in [3.8, 4) is 17.2 Å². The van der Waals surface area contributed by atoms with Crippen molar-refractivity contribution in [3.05, 3.63) is 113 Å². The van der Waals surface area contributed by atoms with Crippen molar-refractivity contribution in [2.45, 2.75) is 20.5 Å². The average Bonchev–Trinajstić information content (AvgIpc) is 3.39. The molecule has 0 saturated heterocycles. The minimum absolute atomic E-state index is 0.0591. The van der Waals surface area contributed by atoms with Crippen LogP contribution in [0.2, 0.25) is 0 Å². The minimum atomic E-state index is -0.0591. The molecule has 0 N–H and O–H groups in total. The molecule has 1 aromatic heterocycles. The van der Waals surface area contributed by atoms with Crippen LogP contribution < -0.4 is 9.47 Å². The van der Waals surface area contributed by atoms with E-state index in [-0.39, 0.29) is 5.78 Å². The molecule has 0 aliphatic heterocycles. The SMILES string of the molecule is COc1ccc(/C=C/C(=O)c2ccc(-n3ccnc3)cc2)cc1COc1cccc(C)c1C. The predicted octanol–water partition coefficient (Wildman–Crippen LogP) is 5.97. The fraction of sp³-hybridized carbons (Fsp3) is 0.143. The van der Waals surface area contributed by atoms with Gasteiger partial charge >= 0.3 is 0 Å². The van der Waals surface area contributed by atoms with E-state index in [9.17, 15) is 4.79 Å². The van der Waals surface area contributed by atoms with Gasteiger partial charge in [-0.2, -0.15) is 0 Å². The lowest BCUT2D eigenvalue weighted by Crippen LogP contribution is -2.01. The summed E-state index contributed by atoms with van der Waals surface area (Å²) in [6.07, 6.45) is 8.71. The molecule has 166 valence electrons. The zero-order chi connectivity index (χ0) is 23.2. The minimum Gasteiger partial charge on any atom is -0.496 e. The van der Waals surface area contributed by atoms with Crippen LogP contribution >= 0.6 is 0 Å². The summed E-state index contributed by atoms with van der Waals surface area (Å²) < 4.78 is 13.5. The molecule has 5 heteroatoms. The van der Waals surface area contributed by atoms with E-state index in [2.05, 4.69) is 24.9 Å². The Hall–Kier alpha value is -4.12. The molecule has 0 atom stereocenters. The van der Waals surface area contributed by atoms with E-state index in [0.717, 1.165) is 33.9 Å². The standard InChI is InChI=1S/C28H26N2O3/c1-20-5-4-6-27(21(20)2)33-18-24-17-22(8-14-28(24)32-3)7-13-26(31)23-9-11-25(12-10-23)30-16-15-29-19-30/h4-17,19H,18H2,1-3H3/b13-7+. The Morgan fingerprint density at radius 2 is 1.85 bits per heavy atom. The number of ether oxygens (including phenoxy) is 2. The molecule has 0 aliphatic carbocycles. The lowest BCUT2D eigenvalue weighted by molar-refractivity contribution is 0.104. The summed E-state index contributed by atoms with van der Waals surface area (Å²) in [4.78, 5) is 16.7. The van der Waals surface area contributed by atoms with E-state index >= 15 is 0 Å². The van der Waals surface area contributed by atoms with Crippen molar-refractivity contribution in [3.63, 3.8) is 0 Å². The van der Waals surface area contributed by atoms with E-state index in [4.69, 9.17) is 9.47 Å². The van der Waals surface area contributed by atoms with Crippen molar-refractivity contribution in [2.24, 2.45) is 0 Å². The van der Waals surface area contributed by atoms with Gasteiger partial charge in [0, 0.05) is 29.2 Å². The molecule has 0 aliphatic rings. The second-order valence-corrected chi connectivity index (χ2v) is 7.77. The number of carbonyl (C=O) groups excluding carboxylic acids is 1. The number of benzene rings is 3. The van der Waals surface area contributed by atoms with E-state index in [0.29, 0.717) is 12.2 Å². The molecule has 5 nitrogen and oxygen atoms in total. The van der Waals surface area contributed by atoms with Crippen LogP contribution in [0, 0.1) is 13.8 Å². The highest BCUT2D eigenvalue weighted by Crippen LogP contribution is 2.26. The van der Waals surface area contributed by atoms with Crippen molar-refractivity contribution >= 4 is 11.9 Å². The molecule has 4 rings (SSSR count). The molecule has 4 aromatic rings. The van der Waals surface area contributed by atoms with Crippen LogP contribution in [-0.4, -0.2) is 22.4 Å². The van der Waals surface area contributed by atoms with Gasteiger partial charge in [-0.1, -0.05) is 24.3 Å². The van der Waals surface area contributed by atoms with Crippen LogP contribution in [0.1, 0.15) is 32.6 Å². The fourth-order valence-electron chi connectivity index (χ4n) is 3.53. The third kappa shape index (κ3) is 5.21. The molecular weight excluding hydrogens is 412 g/mol. The number of imidazole rings is 1. The highest BCUT2D eigenvalue weighted by atomic mass is 16.5. The molecule has 0 spiro atoms. The van der Waals surface area contributed by atoms with Crippen LogP contribution in [0.4, 0.5) is 0 Å². The van der Waals surface area contributed by atoms with E-state index in [1.165, 1.54) is 5.56 Å². The number of ketones is 1. The third-order valence-corrected chi connectivity index (χ3v) is 5.62. The van der Waals surface area contributed by atoms with Crippen molar-refractivity contribution < 1.29 is 14.3 Å². The Balaban J connectivity index is 1.47. The number of allylic oxidation sites excluding steroid dienone is 1. The number of methoxy groups -OCH3 is 1. The van der Waals surface area contributed by atoms with E-state index in [1.807, 2.05) is 71.4 Å². The van der Waals surface area contributed by atoms with Gasteiger partial charge in [-0.05, 0) is 79.1 Å². The van der Waals surface area contributed by atoms with Gasteiger partial charge in [0.05, 0.1) is 13.4 Å². The largest absolute Gasteiger partial charge is 0.496 e. The maximum absolute atomic E-state index is 12.6. The van der Waals surface area contributed by atoms with Gasteiger partial charge in [0.15, 0.2) is 5.78 Å². The topological polar surface area (TPSA) is 53.4 Å². The first kappa shape index (κ1) is 22.1. The number of nitrogens with zero attached hydrogens (tertiary/aromatic N) is 2. The maximum Gasteiger partial charge on any atom is 0.185 e. The number of aryl methyl sites for hydroxylation is 1. The molecule has 1 heterocycles. The second-order valence-electron chi connectivity index (χ2n) is 7.77. The van der Waals surface area contributed by atoms with Gasteiger partial charge in [-0.15, -0.1) is 0 Å². The smallest absolute Gasteiger partial charge is 0.185 e. The summed E-state index contributed by atoms with van der Waals surface area (Å²) in [6.45, 7) is 4.49. The highest BCUT2D eigenvalue weighted by molar-refractivity contribution is 6.06. The lowest BCUT2D eigenvalue weighted by atomic mass is 10.1. The Labute approximate surface area is 193 Å². The first-order valence-electron chi connectivity index (χ1n) is 10.7. The first-order chi connectivity index (χ1) is 16.0. The number of hydrogen-bond acceptors (Lipinski definition) is 4. The summed E-state index contributed by atoms with van der Waals surface area (Å²) in [6, 6.07) is 19.3. The van der Waals surface area contributed by atoms with Gasteiger partial charge in [-0.3, -0.25) is 4.79 Å². The molecule has 0 amide bonds. The molecule has 0 saturated carbocycles. The van der Waals surface area contributed by atoms with Gasteiger partial charge in [0.2, 0.25) is 0 Å². The Bertz CT molecular complexity index is 1270. The number of hydrogen-bond donors (Lipinski definition) is 0. The van der Waals surface area contributed by atoms with Crippen LogP contribution in [-0.2, 0) is 6.61 Å². The quantitative estimate of drug-likeness (QED) is 0.251. The summed E-state index contributed by atoms with van der Waals surface area (Å²) in [7, 11) is 1.64. The zero-order valence-electron chi connectivity index (χ0n) is 19.0. The number of aromatic nitrogens is 2. The summed E-state index contributed by atoms with van der Waals surface area (Å²) in [5.74, 6) is 1.54. The maximum atomic E-state index is 12.6. The monoisotopic (exact) mass is 438 g/mol. The van der Waals surface area contributed by atoms with Gasteiger partial charge in [0.1, 0.15) is 18.1 Å². The first-order valence-corrected chi connectivity index (χ1v) is 10.7. The Morgan fingerprint density at radius 1 is 1.03 bits per heavy atom. The van der Waals surface area contributed by atoms with E-state index < -0.39 is 0 Å². The van der Waals surface area contributed by atoms with Crippen molar-refractivity contribution in [2.75, 3.05) is 7.11 Å². The van der Waals surface area contributed by atoms with Crippen LogP contribution in [0.25, 0.3) is 11.8 Å². The molecule has 3 aromatic carbocycles. The Morgan fingerprint density at radius 3 is 2.58 bits per heavy atom. The molecule has 0 radical (unpaired) electrons. The Kier molecular flexibility index (Phi) is 6.69. The van der Waals surface area contributed by atoms with Gasteiger partial charge in [-0.25, -0.2) is 4.98 Å². The highest BCUT2D eigenvalue weighted by Gasteiger charge is 2.08. The molecule has 0 fully saturated rings. The van der Waals surface area contributed by atoms with Crippen LogP contribution in [0.5, 0.6) is 11.5 Å². The number of rotatable bonds is 8. The molecule has 0 bridgehead atoms. The molecule has 33 heavy (non-hydrogen) atoms. The zero-order valence-corrected chi connectivity index (χ0v) is 19.0. The number of carbonyl (C=O) groups is 1. The average molecular weight is 439 g/mol.